The minimum absolute atomic E-state index is 0.0404. The molecule has 0 heterocycles. The highest BCUT2D eigenvalue weighted by Gasteiger charge is 2.31. The van der Waals surface area contributed by atoms with Crippen LogP contribution in [0.2, 0.25) is 0 Å². The second-order valence-corrected chi connectivity index (χ2v) is 4.89. The topological polar surface area (TPSA) is 83.6 Å². The van der Waals surface area contributed by atoms with Crippen LogP contribution < -0.4 is 5.73 Å². The van der Waals surface area contributed by atoms with Crippen LogP contribution in [-0.2, 0) is 10.7 Å². The molecule has 0 amide bonds. The van der Waals surface area contributed by atoms with Gasteiger partial charge in [-0.3, -0.25) is 4.57 Å². The van der Waals surface area contributed by atoms with Gasteiger partial charge in [0.1, 0.15) is 5.78 Å². The molecule has 0 aliphatic rings. The van der Waals surface area contributed by atoms with Crippen molar-refractivity contribution in [2.45, 2.75) is 12.0 Å². The average molecular weight is 255 g/mol. The lowest BCUT2D eigenvalue weighted by Gasteiger charge is -2.14. The van der Waals surface area contributed by atoms with Crippen LogP contribution in [0.1, 0.15) is 16.9 Å². The summed E-state index contributed by atoms with van der Waals surface area (Å²) in [5, 5.41) is 0. The Hall–Kier alpha value is -0.880. The molecular formula is C8H9F3NO3P. The molecule has 1 aromatic carbocycles. The largest absolute Gasteiger partial charge is 0.416 e. The first kappa shape index (κ1) is 13.2. The molecule has 90 valence electrons. The molecule has 0 spiro atoms. The first-order valence-electron chi connectivity index (χ1n) is 4.10. The minimum Gasteiger partial charge on any atom is -0.323 e. The van der Waals surface area contributed by atoms with Crippen molar-refractivity contribution in [2.75, 3.05) is 0 Å². The van der Waals surface area contributed by atoms with Crippen molar-refractivity contribution in [3.05, 3.63) is 35.4 Å². The summed E-state index contributed by atoms with van der Waals surface area (Å²) >= 11 is 0. The lowest BCUT2D eigenvalue weighted by Crippen LogP contribution is -2.11. The molecule has 4 nitrogen and oxygen atoms in total. The van der Waals surface area contributed by atoms with Gasteiger partial charge in [-0.1, -0.05) is 12.1 Å². The molecule has 4 N–H and O–H groups in total. The highest BCUT2D eigenvalue weighted by Crippen LogP contribution is 2.48. The van der Waals surface area contributed by atoms with Crippen molar-refractivity contribution >= 4 is 7.60 Å². The Kier molecular flexibility index (Phi) is 3.44. The van der Waals surface area contributed by atoms with Gasteiger partial charge in [0.2, 0.25) is 0 Å². The lowest BCUT2D eigenvalue weighted by molar-refractivity contribution is -0.137. The molecule has 0 aliphatic heterocycles. The third-order valence-corrected chi connectivity index (χ3v) is 2.96. The number of hydrogen-bond acceptors (Lipinski definition) is 2. The Labute approximate surface area is 89.0 Å². The predicted molar refractivity (Wildman–Crippen MR) is 50.4 cm³/mol. The van der Waals surface area contributed by atoms with Crippen LogP contribution in [0.4, 0.5) is 13.2 Å². The highest BCUT2D eigenvalue weighted by atomic mass is 31.2. The van der Waals surface area contributed by atoms with Crippen molar-refractivity contribution in [1.29, 1.82) is 0 Å². The van der Waals surface area contributed by atoms with E-state index in [9.17, 15) is 17.7 Å². The summed E-state index contributed by atoms with van der Waals surface area (Å²) in [5.41, 5.74) is 4.25. The maximum Gasteiger partial charge on any atom is 0.416 e. The zero-order valence-electron chi connectivity index (χ0n) is 7.85. The highest BCUT2D eigenvalue weighted by molar-refractivity contribution is 7.52. The monoisotopic (exact) mass is 255 g/mol. The molecule has 0 fully saturated rings. The maximum atomic E-state index is 12.2. The lowest BCUT2D eigenvalue weighted by atomic mass is 10.1. The molecule has 1 rings (SSSR count). The van der Waals surface area contributed by atoms with E-state index in [4.69, 9.17) is 15.5 Å². The summed E-state index contributed by atoms with van der Waals surface area (Å²) in [7, 11) is -4.54. The third kappa shape index (κ3) is 3.05. The van der Waals surface area contributed by atoms with Crippen LogP contribution in [0, 0.1) is 0 Å². The fraction of sp³-hybridized carbons (Fsp3) is 0.250. The van der Waals surface area contributed by atoms with E-state index in [1.54, 1.807) is 0 Å². The van der Waals surface area contributed by atoms with E-state index in [0.29, 0.717) is 0 Å². The summed E-state index contributed by atoms with van der Waals surface area (Å²) in [6.45, 7) is 0. The first-order valence-corrected chi connectivity index (χ1v) is 5.78. The summed E-state index contributed by atoms with van der Waals surface area (Å²) < 4.78 is 47.3. The first-order chi connectivity index (χ1) is 7.12. The SMILES string of the molecule is NC(c1ccc(C(F)(F)F)cc1)P(=O)(O)O. The Morgan fingerprint density at radius 2 is 1.62 bits per heavy atom. The second kappa shape index (κ2) is 4.18. The summed E-state index contributed by atoms with van der Waals surface area (Å²) in [6, 6.07) is 3.36. The van der Waals surface area contributed by atoms with Crippen LogP contribution in [0.15, 0.2) is 24.3 Å². The van der Waals surface area contributed by atoms with Gasteiger partial charge >= 0.3 is 13.8 Å². The molecule has 8 heteroatoms. The molecule has 0 saturated carbocycles. The van der Waals surface area contributed by atoms with Gasteiger partial charge in [0, 0.05) is 0 Å². The zero-order valence-corrected chi connectivity index (χ0v) is 8.74. The fourth-order valence-electron chi connectivity index (χ4n) is 1.06. The minimum atomic E-state index is -4.54. The normalized spacial score (nSPS) is 14.9. The van der Waals surface area contributed by atoms with Gasteiger partial charge in [-0.05, 0) is 17.7 Å². The summed E-state index contributed by atoms with van der Waals surface area (Å²) in [5.74, 6) is -1.60. The number of halogens is 3. The quantitative estimate of drug-likeness (QED) is 0.704. The van der Waals surface area contributed by atoms with Crippen molar-refractivity contribution in [2.24, 2.45) is 5.73 Å². The van der Waals surface area contributed by atoms with Gasteiger partial charge in [-0.15, -0.1) is 0 Å². The molecule has 0 radical (unpaired) electrons. The molecule has 0 bridgehead atoms. The van der Waals surface area contributed by atoms with E-state index in [2.05, 4.69) is 0 Å². The molecule has 1 atom stereocenters. The van der Waals surface area contributed by atoms with Gasteiger partial charge in [-0.25, -0.2) is 0 Å². The third-order valence-electron chi connectivity index (χ3n) is 1.94. The molecular weight excluding hydrogens is 246 g/mol. The van der Waals surface area contributed by atoms with Crippen LogP contribution in [0.25, 0.3) is 0 Å². The number of nitrogens with two attached hydrogens (primary N) is 1. The van der Waals surface area contributed by atoms with Gasteiger partial charge in [0.15, 0.2) is 0 Å². The van der Waals surface area contributed by atoms with E-state index < -0.39 is 25.1 Å². The number of benzene rings is 1. The van der Waals surface area contributed by atoms with Crippen molar-refractivity contribution < 1.29 is 27.5 Å². The van der Waals surface area contributed by atoms with Gasteiger partial charge in [-0.2, -0.15) is 13.2 Å². The maximum absolute atomic E-state index is 12.2. The fourth-order valence-corrected chi connectivity index (χ4v) is 1.62. The molecule has 1 unspecified atom stereocenters. The van der Waals surface area contributed by atoms with E-state index >= 15 is 0 Å². The van der Waals surface area contributed by atoms with E-state index in [0.717, 1.165) is 24.3 Å². The van der Waals surface area contributed by atoms with E-state index in [-0.39, 0.29) is 5.56 Å². The van der Waals surface area contributed by atoms with Crippen molar-refractivity contribution in [1.82, 2.24) is 0 Å². The summed E-state index contributed by atoms with van der Waals surface area (Å²) in [6.07, 6.45) is -4.48. The van der Waals surface area contributed by atoms with Crippen LogP contribution >= 0.6 is 7.60 Å². The summed E-state index contributed by atoms with van der Waals surface area (Å²) in [4.78, 5) is 17.5. The van der Waals surface area contributed by atoms with Crippen molar-refractivity contribution in [3.8, 4) is 0 Å². The van der Waals surface area contributed by atoms with Crippen LogP contribution in [-0.4, -0.2) is 9.79 Å². The number of rotatable bonds is 2. The Bertz CT molecular complexity index is 412. The van der Waals surface area contributed by atoms with Gasteiger partial charge in [0.25, 0.3) is 0 Å². The Morgan fingerprint density at radius 1 is 1.19 bits per heavy atom. The standard InChI is InChI=1S/C8H9F3NO3P/c9-8(10,11)6-3-1-5(2-4-6)7(12)16(13,14)15/h1-4,7H,12H2,(H2,13,14,15). The Morgan fingerprint density at radius 3 is 1.94 bits per heavy atom. The number of hydrogen-bond donors (Lipinski definition) is 3. The Balaban J connectivity index is 3.01. The van der Waals surface area contributed by atoms with Crippen LogP contribution in [0.3, 0.4) is 0 Å². The molecule has 0 aromatic heterocycles. The second-order valence-electron chi connectivity index (χ2n) is 3.15. The molecule has 16 heavy (non-hydrogen) atoms. The predicted octanol–water partition coefficient (Wildman–Crippen LogP) is 1.84. The van der Waals surface area contributed by atoms with Crippen molar-refractivity contribution in [3.63, 3.8) is 0 Å². The van der Waals surface area contributed by atoms with E-state index in [1.807, 2.05) is 0 Å². The zero-order chi connectivity index (χ0) is 12.6. The molecule has 0 aliphatic carbocycles. The van der Waals surface area contributed by atoms with Crippen LogP contribution in [0.5, 0.6) is 0 Å². The smallest absolute Gasteiger partial charge is 0.323 e. The van der Waals surface area contributed by atoms with Gasteiger partial charge in [0.05, 0.1) is 5.56 Å². The molecule has 0 saturated heterocycles. The average Bonchev–Trinajstić information content (AvgIpc) is 2.14. The van der Waals surface area contributed by atoms with E-state index in [1.165, 1.54) is 0 Å². The number of alkyl halides is 3. The molecule has 1 aromatic rings. The van der Waals surface area contributed by atoms with Gasteiger partial charge < -0.3 is 15.5 Å².